The monoisotopic (exact) mass is 1510 g/mol. The van der Waals surface area contributed by atoms with E-state index in [-0.39, 0.29) is 25.6 Å². The third kappa shape index (κ3) is 90.3. The molecule has 0 bridgehead atoms. The van der Waals surface area contributed by atoms with Gasteiger partial charge >= 0.3 is 19.8 Å². The van der Waals surface area contributed by atoms with Gasteiger partial charge in [-0.3, -0.25) is 18.6 Å². The summed E-state index contributed by atoms with van der Waals surface area (Å²) in [5.74, 6) is -0.770. The van der Waals surface area contributed by atoms with E-state index in [0.29, 0.717) is 23.9 Å². The number of phosphoric ester groups is 1. The number of quaternary nitrogens is 1. The highest BCUT2D eigenvalue weighted by atomic mass is 31.2. The molecule has 0 radical (unpaired) electrons. The van der Waals surface area contributed by atoms with Gasteiger partial charge in [0.2, 0.25) is 0 Å². The molecule has 0 fully saturated rings. The molecule has 10 heteroatoms. The van der Waals surface area contributed by atoms with E-state index < -0.39 is 26.5 Å². The van der Waals surface area contributed by atoms with Crippen molar-refractivity contribution in [1.29, 1.82) is 0 Å². The van der Waals surface area contributed by atoms with Crippen LogP contribution in [0.4, 0.5) is 0 Å². The lowest BCUT2D eigenvalue weighted by Gasteiger charge is -2.24. The van der Waals surface area contributed by atoms with Gasteiger partial charge in [0, 0.05) is 12.8 Å². The third-order valence-electron chi connectivity index (χ3n) is 21.3. The largest absolute Gasteiger partial charge is 0.472 e. The number of likely N-dealkylation sites (N-methyl/N-ethyl adjacent to an activating group) is 1. The molecular weight excluding hydrogens is 1330 g/mol. The molecule has 1 N–H and O–H groups in total. The molecule has 0 aromatic rings. The van der Waals surface area contributed by atoms with Crippen LogP contribution in [0.5, 0.6) is 0 Å². The summed E-state index contributed by atoms with van der Waals surface area (Å²) in [4.78, 5) is 36.1. The minimum Gasteiger partial charge on any atom is -0.462 e. The number of hydrogen-bond acceptors (Lipinski definition) is 7. The zero-order valence-electron chi connectivity index (χ0n) is 71.4. The minimum atomic E-state index is -4.40. The van der Waals surface area contributed by atoms with Gasteiger partial charge in [-0.15, -0.1) is 0 Å². The van der Waals surface area contributed by atoms with Gasteiger partial charge in [0.1, 0.15) is 19.8 Å². The number of esters is 2. The highest BCUT2D eigenvalue weighted by Gasteiger charge is 2.27. The summed E-state index contributed by atoms with van der Waals surface area (Å²) in [7, 11) is 1.50. The Balaban J connectivity index is 3.83. The fraction of sp³-hybridized carbons (Fsp3) is 0.854. The van der Waals surface area contributed by atoms with Gasteiger partial charge < -0.3 is 18.9 Å². The van der Waals surface area contributed by atoms with Crippen molar-refractivity contribution in [3.63, 3.8) is 0 Å². The number of carbonyl (C=O) groups is 2. The summed E-state index contributed by atoms with van der Waals surface area (Å²) >= 11 is 0. The Hall–Kier alpha value is -2.55. The predicted molar refractivity (Wildman–Crippen MR) is 464 cm³/mol. The Kier molecular flexibility index (Phi) is 84.4. The number of nitrogens with zero attached hydrogens (tertiary/aromatic N) is 1. The molecule has 0 rings (SSSR count). The molecule has 2 unspecified atom stereocenters. The van der Waals surface area contributed by atoms with Crippen LogP contribution in [0.2, 0.25) is 0 Å². The van der Waals surface area contributed by atoms with Crippen LogP contribution in [0.15, 0.2) is 72.9 Å². The normalized spacial score (nSPS) is 13.2. The van der Waals surface area contributed by atoms with E-state index in [2.05, 4.69) is 86.8 Å². The van der Waals surface area contributed by atoms with Gasteiger partial charge in [0.25, 0.3) is 0 Å². The van der Waals surface area contributed by atoms with Crippen molar-refractivity contribution in [3.05, 3.63) is 72.9 Å². The average Bonchev–Trinajstić information content (AvgIpc) is 0.908. The van der Waals surface area contributed by atoms with Gasteiger partial charge in [-0.2, -0.15) is 0 Å². The van der Waals surface area contributed by atoms with Crippen molar-refractivity contribution in [3.8, 4) is 0 Å². The predicted octanol–water partition coefficient (Wildman–Crippen LogP) is 31.7. The van der Waals surface area contributed by atoms with Gasteiger partial charge in [-0.05, 0) is 64.2 Å². The smallest absolute Gasteiger partial charge is 0.462 e. The molecule has 0 saturated heterocycles. The molecule has 0 aliphatic rings. The van der Waals surface area contributed by atoms with E-state index in [1.54, 1.807) is 0 Å². The summed E-state index contributed by atoms with van der Waals surface area (Å²) in [6.45, 7) is 4.41. The highest BCUT2D eigenvalue weighted by molar-refractivity contribution is 7.47. The number of unbranched alkanes of at least 4 members (excludes halogenated alkanes) is 62. The summed E-state index contributed by atoms with van der Waals surface area (Å²) in [6, 6.07) is 0. The zero-order valence-corrected chi connectivity index (χ0v) is 72.3. The van der Waals surface area contributed by atoms with Crippen molar-refractivity contribution in [2.45, 2.75) is 482 Å². The number of hydrogen-bond donors (Lipinski definition) is 1. The molecule has 0 saturated carbocycles. The molecule has 0 aromatic carbocycles. The van der Waals surface area contributed by atoms with Crippen LogP contribution >= 0.6 is 7.82 Å². The molecule has 2 atom stereocenters. The first-order valence-electron chi connectivity index (χ1n) is 46.7. The van der Waals surface area contributed by atoms with Crippen LogP contribution in [0.3, 0.4) is 0 Å². The molecular formula is C96H181NO8P+. The standard InChI is InChI=1S/C96H180NO8P/c1-6-8-10-12-14-16-18-20-22-24-26-28-30-32-34-36-38-40-42-44-46-48-50-52-54-56-58-60-62-64-66-68-70-72-74-76-78-80-82-84-86-88-95(98)102-92-94(93-104-106(100,101)103-91-90-97(3,4)5)105-96(99)89-87-85-83-81-79-77-75-73-71-69-67-65-63-61-59-57-55-53-51-49-47-45-43-41-39-37-35-33-31-29-27-25-23-21-19-17-15-13-11-9-7-2/h9,11,15,17,21,23,27,29,33,35,39,41,94H,6-8,10,12-14,16,18-20,22,24-26,28,30-32,34,36-38,40,42-93H2,1-5H3/p+1/b11-9-,17-15-,23-21-,29-27-,35-33-,41-39-. The third-order valence-corrected chi connectivity index (χ3v) is 22.2. The molecule has 0 amide bonds. The van der Waals surface area contributed by atoms with E-state index in [0.717, 1.165) is 70.6 Å². The van der Waals surface area contributed by atoms with Crippen molar-refractivity contribution >= 4 is 19.8 Å². The number of rotatable bonds is 88. The average molecular weight is 1510 g/mol. The zero-order chi connectivity index (χ0) is 76.8. The molecule has 0 aliphatic heterocycles. The molecule has 106 heavy (non-hydrogen) atoms. The Morgan fingerprint density at radius 2 is 0.538 bits per heavy atom. The quantitative estimate of drug-likeness (QED) is 0.0211. The fourth-order valence-corrected chi connectivity index (χ4v) is 14.9. The lowest BCUT2D eigenvalue weighted by Crippen LogP contribution is -2.37. The fourth-order valence-electron chi connectivity index (χ4n) is 14.2. The Bertz CT molecular complexity index is 2020. The SMILES string of the molecule is CC/C=C\C/C=C\C/C=C\C/C=C\C/C=C\C/C=C\CCCCCCCCCCCCCCCCCCCCCCCCC(=O)OC(COC(=O)CCCCCCCCCCCCCCCCCCCCCCCCCCCCCCCCCCCCCCCCCCC)COP(=O)(O)OCC[N+](C)(C)C. The van der Waals surface area contributed by atoms with Crippen molar-refractivity contribution in [2.75, 3.05) is 47.5 Å². The molecule has 0 aliphatic carbocycles. The van der Waals surface area contributed by atoms with Crippen LogP contribution < -0.4 is 0 Å². The van der Waals surface area contributed by atoms with Crippen molar-refractivity contribution in [2.24, 2.45) is 0 Å². The van der Waals surface area contributed by atoms with E-state index >= 15 is 0 Å². The van der Waals surface area contributed by atoms with Crippen LogP contribution in [0.1, 0.15) is 476 Å². The van der Waals surface area contributed by atoms with Crippen LogP contribution in [-0.4, -0.2) is 74.9 Å². The summed E-state index contributed by atoms with van der Waals surface area (Å²) in [5.41, 5.74) is 0. The van der Waals surface area contributed by atoms with Crippen LogP contribution in [-0.2, 0) is 32.7 Å². The second-order valence-corrected chi connectivity index (χ2v) is 34.5. The molecule has 0 heterocycles. The first kappa shape index (κ1) is 103. The van der Waals surface area contributed by atoms with Gasteiger partial charge in [-0.25, -0.2) is 4.57 Å². The molecule has 0 aromatic heterocycles. The second-order valence-electron chi connectivity index (χ2n) is 33.0. The van der Waals surface area contributed by atoms with Gasteiger partial charge in [0.15, 0.2) is 6.10 Å². The number of allylic oxidation sites excluding steroid dienone is 12. The molecule has 622 valence electrons. The first-order valence-corrected chi connectivity index (χ1v) is 48.2. The minimum absolute atomic E-state index is 0.0343. The van der Waals surface area contributed by atoms with E-state index in [9.17, 15) is 19.0 Å². The Morgan fingerprint density at radius 1 is 0.302 bits per heavy atom. The molecule has 0 spiro atoms. The molecule has 9 nitrogen and oxygen atoms in total. The Labute approximate surface area is 660 Å². The number of ether oxygens (including phenoxy) is 2. The van der Waals surface area contributed by atoms with Crippen molar-refractivity contribution in [1.82, 2.24) is 0 Å². The summed E-state index contributed by atoms with van der Waals surface area (Å²) in [6.07, 6.45) is 120. The highest BCUT2D eigenvalue weighted by Crippen LogP contribution is 2.43. The lowest BCUT2D eigenvalue weighted by atomic mass is 10.0. The Morgan fingerprint density at radius 3 is 0.802 bits per heavy atom. The van der Waals surface area contributed by atoms with Gasteiger partial charge in [-0.1, -0.05) is 472 Å². The van der Waals surface area contributed by atoms with Gasteiger partial charge in [0.05, 0.1) is 27.7 Å². The van der Waals surface area contributed by atoms with E-state index in [1.807, 2.05) is 21.1 Å². The second kappa shape index (κ2) is 86.4. The summed E-state index contributed by atoms with van der Waals surface area (Å²) in [5, 5.41) is 0. The van der Waals surface area contributed by atoms with Crippen molar-refractivity contribution < 1.29 is 42.1 Å². The van der Waals surface area contributed by atoms with Crippen LogP contribution in [0, 0.1) is 0 Å². The van der Waals surface area contributed by atoms with E-state index in [4.69, 9.17) is 18.5 Å². The maximum Gasteiger partial charge on any atom is 0.472 e. The summed E-state index contributed by atoms with van der Waals surface area (Å²) < 4.78 is 34.9. The van der Waals surface area contributed by atoms with E-state index in [1.165, 1.54) is 372 Å². The van der Waals surface area contributed by atoms with Crippen LogP contribution in [0.25, 0.3) is 0 Å². The maximum atomic E-state index is 13.0. The topological polar surface area (TPSA) is 108 Å². The maximum absolute atomic E-state index is 13.0. The lowest BCUT2D eigenvalue weighted by molar-refractivity contribution is -0.870. The number of carbonyl (C=O) groups excluding carboxylic acids is 2. The number of phosphoric acid groups is 1. The first-order chi connectivity index (χ1) is 52.0.